The number of aryl methyl sites for hydroxylation is 1. The molecule has 1 aliphatic rings. The maximum atomic E-state index is 12.2. The van der Waals surface area contributed by atoms with Crippen LogP contribution in [0.15, 0.2) is 30.3 Å². The Morgan fingerprint density at radius 1 is 1.37 bits per heavy atom. The fraction of sp³-hybridized carbons (Fsp3) is 0.467. The van der Waals surface area contributed by atoms with E-state index in [4.69, 9.17) is 4.74 Å². The van der Waals surface area contributed by atoms with Crippen LogP contribution in [0.2, 0.25) is 0 Å². The molecule has 0 aliphatic carbocycles. The van der Waals surface area contributed by atoms with Gasteiger partial charge < -0.3 is 4.74 Å². The zero-order chi connectivity index (χ0) is 13.8. The summed E-state index contributed by atoms with van der Waals surface area (Å²) in [6, 6.07) is 9.67. The summed E-state index contributed by atoms with van der Waals surface area (Å²) in [5.74, 6) is 0.0668. The van der Waals surface area contributed by atoms with Crippen molar-refractivity contribution in [1.82, 2.24) is 4.90 Å². The molecule has 0 radical (unpaired) electrons. The molecule has 0 spiro atoms. The zero-order valence-electron chi connectivity index (χ0n) is 11.3. The highest BCUT2D eigenvalue weighted by Gasteiger charge is 2.38. The van der Waals surface area contributed by atoms with Gasteiger partial charge in [0.15, 0.2) is 0 Å². The molecule has 2 rings (SSSR count). The first-order valence-electron chi connectivity index (χ1n) is 6.62. The standard InChI is InChI=1S/C15H19NO3/c1-11(2)13-10-19-15(18)16(13)14(17)9-8-12-6-4-3-5-7-12/h3-7,11,13H,8-10H2,1-2H3. The van der Waals surface area contributed by atoms with Crippen LogP contribution in [0.25, 0.3) is 0 Å². The first-order valence-corrected chi connectivity index (χ1v) is 6.62. The van der Waals surface area contributed by atoms with E-state index in [1.807, 2.05) is 44.2 Å². The van der Waals surface area contributed by atoms with Crippen LogP contribution in [0.3, 0.4) is 0 Å². The minimum Gasteiger partial charge on any atom is -0.447 e. The maximum Gasteiger partial charge on any atom is 0.416 e. The van der Waals surface area contributed by atoms with Crippen molar-refractivity contribution in [2.45, 2.75) is 32.7 Å². The molecule has 19 heavy (non-hydrogen) atoms. The van der Waals surface area contributed by atoms with Crippen LogP contribution in [-0.4, -0.2) is 29.5 Å². The van der Waals surface area contributed by atoms with Crippen molar-refractivity contribution in [1.29, 1.82) is 0 Å². The van der Waals surface area contributed by atoms with Crippen LogP contribution in [0.1, 0.15) is 25.8 Å². The Morgan fingerprint density at radius 3 is 2.68 bits per heavy atom. The monoisotopic (exact) mass is 261 g/mol. The first kappa shape index (κ1) is 13.6. The zero-order valence-corrected chi connectivity index (χ0v) is 11.3. The van der Waals surface area contributed by atoms with Gasteiger partial charge in [-0.2, -0.15) is 0 Å². The van der Waals surface area contributed by atoms with E-state index in [2.05, 4.69) is 0 Å². The molecule has 102 valence electrons. The van der Waals surface area contributed by atoms with Crippen molar-refractivity contribution in [2.24, 2.45) is 5.92 Å². The van der Waals surface area contributed by atoms with E-state index in [1.54, 1.807) is 0 Å². The highest BCUT2D eigenvalue weighted by molar-refractivity contribution is 5.93. The van der Waals surface area contributed by atoms with E-state index in [9.17, 15) is 9.59 Å². The highest BCUT2D eigenvalue weighted by Crippen LogP contribution is 2.21. The molecular weight excluding hydrogens is 242 g/mol. The second-order valence-corrected chi connectivity index (χ2v) is 5.14. The average molecular weight is 261 g/mol. The molecule has 4 nitrogen and oxygen atoms in total. The minimum atomic E-state index is -0.503. The summed E-state index contributed by atoms with van der Waals surface area (Å²) in [7, 11) is 0. The number of carbonyl (C=O) groups is 2. The van der Waals surface area contributed by atoms with Gasteiger partial charge in [-0.1, -0.05) is 44.2 Å². The summed E-state index contributed by atoms with van der Waals surface area (Å²) in [5, 5.41) is 0. The SMILES string of the molecule is CC(C)C1COC(=O)N1C(=O)CCc1ccccc1. The van der Waals surface area contributed by atoms with Crippen molar-refractivity contribution in [2.75, 3.05) is 6.61 Å². The van der Waals surface area contributed by atoms with Gasteiger partial charge in [0.25, 0.3) is 0 Å². The van der Waals surface area contributed by atoms with Crippen LogP contribution < -0.4 is 0 Å². The fourth-order valence-electron chi connectivity index (χ4n) is 2.23. The lowest BCUT2D eigenvalue weighted by Crippen LogP contribution is -2.41. The van der Waals surface area contributed by atoms with E-state index < -0.39 is 6.09 Å². The van der Waals surface area contributed by atoms with Crippen LogP contribution in [0.4, 0.5) is 4.79 Å². The summed E-state index contributed by atoms with van der Waals surface area (Å²) in [6.07, 6.45) is 0.480. The number of ether oxygens (including phenoxy) is 1. The number of imide groups is 1. The predicted molar refractivity (Wildman–Crippen MR) is 71.6 cm³/mol. The molecule has 1 aliphatic heterocycles. The molecule has 1 unspecified atom stereocenters. The molecule has 4 heteroatoms. The second kappa shape index (κ2) is 5.87. The molecule has 1 saturated heterocycles. The van der Waals surface area contributed by atoms with Gasteiger partial charge in [0.1, 0.15) is 6.61 Å². The van der Waals surface area contributed by atoms with Crippen molar-refractivity contribution in [3.8, 4) is 0 Å². The normalized spacial score (nSPS) is 18.8. The predicted octanol–water partition coefficient (Wildman–Crippen LogP) is 2.62. The van der Waals surface area contributed by atoms with Crippen molar-refractivity contribution >= 4 is 12.0 Å². The van der Waals surface area contributed by atoms with Crippen molar-refractivity contribution < 1.29 is 14.3 Å². The quantitative estimate of drug-likeness (QED) is 0.837. The Labute approximate surface area is 113 Å². The Morgan fingerprint density at radius 2 is 2.05 bits per heavy atom. The number of nitrogens with zero attached hydrogens (tertiary/aromatic N) is 1. The van der Waals surface area contributed by atoms with Crippen LogP contribution in [0, 0.1) is 5.92 Å². The molecular formula is C15H19NO3. The van der Waals surface area contributed by atoms with E-state index >= 15 is 0 Å². The molecule has 1 aromatic rings. The smallest absolute Gasteiger partial charge is 0.416 e. The third-order valence-corrected chi connectivity index (χ3v) is 3.41. The molecule has 1 heterocycles. The van der Waals surface area contributed by atoms with Gasteiger partial charge in [-0.3, -0.25) is 4.79 Å². The van der Waals surface area contributed by atoms with Crippen molar-refractivity contribution in [3.63, 3.8) is 0 Å². The summed E-state index contributed by atoms with van der Waals surface area (Å²) in [5.41, 5.74) is 1.10. The van der Waals surface area contributed by atoms with E-state index in [0.29, 0.717) is 19.4 Å². The first-order chi connectivity index (χ1) is 9.09. The van der Waals surface area contributed by atoms with E-state index in [1.165, 1.54) is 4.90 Å². The molecule has 0 bridgehead atoms. The third kappa shape index (κ3) is 3.13. The number of hydrogen-bond donors (Lipinski definition) is 0. The number of hydrogen-bond acceptors (Lipinski definition) is 3. The van der Waals surface area contributed by atoms with Gasteiger partial charge in [-0.15, -0.1) is 0 Å². The van der Waals surface area contributed by atoms with Gasteiger partial charge in [-0.25, -0.2) is 9.69 Å². The number of cyclic esters (lactones) is 1. The Bertz CT molecular complexity index is 456. The van der Waals surface area contributed by atoms with Crippen LogP contribution >= 0.6 is 0 Å². The topological polar surface area (TPSA) is 46.6 Å². The Hall–Kier alpha value is -1.84. The molecule has 1 atom stereocenters. The van der Waals surface area contributed by atoms with Gasteiger partial charge in [-0.05, 0) is 17.9 Å². The molecule has 0 saturated carbocycles. The number of amides is 2. The van der Waals surface area contributed by atoms with Crippen LogP contribution in [0.5, 0.6) is 0 Å². The molecule has 1 fully saturated rings. The largest absolute Gasteiger partial charge is 0.447 e. The fourth-order valence-corrected chi connectivity index (χ4v) is 2.23. The molecule has 2 amide bonds. The van der Waals surface area contributed by atoms with E-state index in [-0.39, 0.29) is 17.9 Å². The second-order valence-electron chi connectivity index (χ2n) is 5.14. The highest BCUT2D eigenvalue weighted by atomic mass is 16.6. The van der Waals surface area contributed by atoms with Gasteiger partial charge in [0.2, 0.25) is 5.91 Å². The summed E-state index contributed by atoms with van der Waals surface area (Å²) < 4.78 is 4.98. The van der Waals surface area contributed by atoms with Gasteiger partial charge in [0, 0.05) is 6.42 Å². The number of rotatable bonds is 4. The number of benzene rings is 1. The molecule has 1 aromatic carbocycles. The lowest BCUT2D eigenvalue weighted by molar-refractivity contribution is -0.129. The van der Waals surface area contributed by atoms with Crippen molar-refractivity contribution in [3.05, 3.63) is 35.9 Å². The van der Waals surface area contributed by atoms with Gasteiger partial charge >= 0.3 is 6.09 Å². The Kier molecular flexibility index (Phi) is 4.20. The third-order valence-electron chi connectivity index (χ3n) is 3.41. The number of carbonyl (C=O) groups excluding carboxylic acids is 2. The lowest BCUT2D eigenvalue weighted by atomic mass is 10.0. The van der Waals surface area contributed by atoms with Gasteiger partial charge in [0.05, 0.1) is 6.04 Å². The summed E-state index contributed by atoms with van der Waals surface area (Å²) in [6.45, 7) is 4.29. The average Bonchev–Trinajstić information content (AvgIpc) is 2.79. The maximum absolute atomic E-state index is 12.2. The summed E-state index contributed by atoms with van der Waals surface area (Å²) >= 11 is 0. The molecule has 0 aromatic heterocycles. The van der Waals surface area contributed by atoms with E-state index in [0.717, 1.165) is 5.56 Å². The van der Waals surface area contributed by atoms with Crippen LogP contribution in [-0.2, 0) is 16.0 Å². The summed E-state index contributed by atoms with van der Waals surface area (Å²) in [4.78, 5) is 25.1. The minimum absolute atomic E-state index is 0.129. The lowest BCUT2D eigenvalue weighted by Gasteiger charge is -2.22. The Balaban J connectivity index is 1.97. The molecule has 0 N–H and O–H groups in total.